The summed E-state index contributed by atoms with van der Waals surface area (Å²) in [6.07, 6.45) is 5.86. The molecule has 0 atom stereocenters. The van der Waals surface area contributed by atoms with Crippen LogP contribution in [0.15, 0.2) is 18.6 Å². The van der Waals surface area contributed by atoms with Crippen LogP contribution in [0.1, 0.15) is 22.5 Å². The van der Waals surface area contributed by atoms with Gasteiger partial charge in [-0.3, -0.25) is 9.48 Å². The molecule has 0 saturated carbocycles. The highest BCUT2D eigenvalue weighted by Gasteiger charge is 2.18. The Bertz CT molecular complexity index is 694. The molecule has 0 spiro atoms. The molecule has 25 heavy (non-hydrogen) atoms. The lowest BCUT2D eigenvalue weighted by atomic mass is 10.2. The van der Waals surface area contributed by atoms with E-state index in [0.717, 1.165) is 39.1 Å². The Morgan fingerprint density at radius 2 is 2.08 bits per heavy atom. The van der Waals surface area contributed by atoms with Crippen LogP contribution in [0.25, 0.3) is 0 Å². The Kier molecular flexibility index (Phi) is 5.54. The summed E-state index contributed by atoms with van der Waals surface area (Å²) in [5, 5.41) is 10.5. The number of likely N-dealkylation sites (N-methyl/N-ethyl adjacent to an activating group) is 1. The van der Waals surface area contributed by atoms with Gasteiger partial charge >= 0.3 is 0 Å². The lowest BCUT2D eigenvalue weighted by Gasteiger charge is -2.32. The zero-order valence-corrected chi connectivity index (χ0v) is 14.7. The van der Waals surface area contributed by atoms with Crippen molar-refractivity contribution in [3.05, 3.63) is 29.8 Å². The first-order chi connectivity index (χ1) is 12.1. The third-order valence-electron chi connectivity index (χ3n) is 4.32. The number of hydrogen-bond donors (Lipinski definition) is 1. The van der Waals surface area contributed by atoms with Gasteiger partial charge in [0.1, 0.15) is 0 Å². The lowest BCUT2D eigenvalue weighted by Crippen LogP contribution is -2.45. The fourth-order valence-electron chi connectivity index (χ4n) is 2.73. The summed E-state index contributed by atoms with van der Waals surface area (Å²) in [6, 6.07) is 0. The van der Waals surface area contributed by atoms with Crippen LogP contribution in [0.4, 0.5) is 5.95 Å². The zero-order valence-electron chi connectivity index (χ0n) is 14.7. The van der Waals surface area contributed by atoms with Crippen LogP contribution in [0, 0.1) is 6.92 Å². The topological polar surface area (TPSA) is 92.1 Å². The summed E-state index contributed by atoms with van der Waals surface area (Å²) < 4.78 is 1.74. The van der Waals surface area contributed by atoms with Gasteiger partial charge in [-0.1, -0.05) is 5.21 Å². The van der Waals surface area contributed by atoms with E-state index >= 15 is 0 Å². The van der Waals surface area contributed by atoms with E-state index in [1.54, 1.807) is 23.3 Å². The van der Waals surface area contributed by atoms with E-state index in [1.165, 1.54) is 0 Å². The van der Waals surface area contributed by atoms with Gasteiger partial charge in [-0.15, -0.1) is 5.10 Å². The van der Waals surface area contributed by atoms with Crippen molar-refractivity contribution in [1.82, 2.24) is 35.2 Å². The number of anilines is 1. The number of piperazine rings is 1. The molecule has 2 aromatic rings. The lowest BCUT2D eigenvalue weighted by molar-refractivity contribution is 0.0951. The maximum atomic E-state index is 12.3. The zero-order chi connectivity index (χ0) is 17.6. The molecule has 1 amide bonds. The van der Waals surface area contributed by atoms with E-state index in [4.69, 9.17) is 0 Å². The van der Waals surface area contributed by atoms with Gasteiger partial charge in [0.15, 0.2) is 0 Å². The number of rotatable bonds is 6. The molecule has 3 rings (SSSR count). The van der Waals surface area contributed by atoms with E-state index in [2.05, 4.69) is 42.4 Å². The summed E-state index contributed by atoms with van der Waals surface area (Å²) in [4.78, 5) is 25.7. The summed E-state index contributed by atoms with van der Waals surface area (Å²) in [6.45, 7) is 6.95. The van der Waals surface area contributed by atoms with Gasteiger partial charge in [-0.05, 0) is 20.4 Å². The molecular weight excluding hydrogens is 320 g/mol. The van der Waals surface area contributed by atoms with Crippen molar-refractivity contribution in [2.75, 3.05) is 44.7 Å². The number of aromatic nitrogens is 5. The fraction of sp³-hybridized carbons (Fsp3) is 0.562. The van der Waals surface area contributed by atoms with Gasteiger partial charge in [0.05, 0.1) is 17.5 Å². The number of amides is 1. The highest BCUT2D eigenvalue weighted by molar-refractivity contribution is 5.94. The second kappa shape index (κ2) is 8.02. The van der Waals surface area contributed by atoms with Gasteiger partial charge in [0.25, 0.3) is 5.91 Å². The fourth-order valence-corrected chi connectivity index (χ4v) is 2.73. The van der Waals surface area contributed by atoms with Crippen LogP contribution >= 0.6 is 0 Å². The molecule has 0 aliphatic carbocycles. The summed E-state index contributed by atoms with van der Waals surface area (Å²) >= 11 is 0. The van der Waals surface area contributed by atoms with E-state index in [9.17, 15) is 4.79 Å². The first-order valence-corrected chi connectivity index (χ1v) is 8.53. The summed E-state index contributed by atoms with van der Waals surface area (Å²) in [5.74, 6) is 0.564. The summed E-state index contributed by atoms with van der Waals surface area (Å²) in [5.41, 5.74) is 1.23. The molecule has 9 nitrogen and oxygen atoms in total. The highest BCUT2D eigenvalue weighted by Crippen LogP contribution is 2.13. The molecule has 134 valence electrons. The Balaban J connectivity index is 1.52. The van der Waals surface area contributed by atoms with Gasteiger partial charge in [-0.2, -0.15) is 0 Å². The van der Waals surface area contributed by atoms with Gasteiger partial charge in [-0.25, -0.2) is 9.97 Å². The maximum Gasteiger partial charge on any atom is 0.254 e. The van der Waals surface area contributed by atoms with Crippen molar-refractivity contribution < 1.29 is 4.79 Å². The average Bonchev–Trinajstić information content (AvgIpc) is 3.12. The minimum atomic E-state index is -0.138. The summed E-state index contributed by atoms with van der Waals surface area (Å²) in [7, 11) is 2.11. The predicted molar refractivity (Wildman–Crippen MR) is 93.5 cm³/mol. The van der Waals surface area contributed by atoms with E-state index in [1.807, 2.05) is 6.92 Å². The smallest absolute Gasteiger partial charge is 0.254 e. The minimum absolute atomic E-state index is 0.138. The molecule has 0 bridgehead atoms. The molecule has 3 heterocycles. The van der Waals surface area contributed by atoms with Crippen molar-refractivity contribution in [2.24, 2.45) is 0 Å². The third kappa shape index (κ3) is 4.50. The SMILES string of the molecule is Cc1nc(N2CCN(C)CC2)ncc1C(=O)NCCCn1ccnn1. The van der Waals surface area contributed by atoms with Crippen molar-refractivity contribution in [1.29, 1.82) is 0 Å². The second-order valence-corrected chi connectivity index (χ2v) is 6.23. The highest BCUT2D eigenvalue weighted by atomic mass is 16.1. The van der Waals surface area contributed by atoms with Crippen LogP contribution in [0.5, 0.6) is 0 Å². The first kappa shape index (κ1) is 17.3. The van der Waals surface area contributed by atoms with Gasteiger partial charge < -0.3 is 15.1 Å². The number of nitrogens with one attached hydrogen (secondary N) is 1. The van der Waals surface area contributed by atoms with Crippen molar-refractivity contribution >= 4 is 11.9 Å². The largest absolute Gasteiger partial charge is 0.352 e. The molecule has 1 aliphatic heterocycles. The Morgan fingerprint density at radius 1 is 1.28 bits per heavy atom. The second-order valence-electron chi connectivity index (χ2n) is 6.23. The molecule has 1 fully saturated rings. The molecule has 2 aromatic heterocycles. The third-order valence-corrected chi connectivity index (χ3v) is 4.32. The van der Waals surface area contributed by atoms with E-state index in [0.29, 0.717) is 23.8 Å². The molecule has 9 heteroatoms. The first-order valence-electron chi connectivity index (χ1n) is 8.53. The molecular formula is C16H24N8O. The standard InChI is InChI=1S/C16H24N8O/c1-13-14(15(25)17-4-3-6-24-7-5-19-21-24)12-18-16(20-13)23-10-8-22(2)9-11-23/h5,7,12H,3-4,6,8-11H2,1-2H3,(H,17,25). The number of aryl methyl sites for hydroxylation is 2. The Morgan fingerprint density at radius 3 is 2.76 bits per heavy atom. The van der Waals surface area contributed by atoms with Crippen molar-refractivity contribution in [3.8, 4) is 0 Å². The quantitative estimate of drug-likeness (QED) is 0.735. The average molecular weight is 344 g/mol. The molecule has 1 saturated heterocycles. The van der Waals surface area contributed by atoms with Gasteiger partial charge in [0.2, 0.25) is 5.95 Å². The van der Waals surface area contributed by atoms with Gasteiger partial charge in [0, 0.05) is 51.7 Å². The predicted octanol–water partition coefficient (Wildman–Crippen LogP) is -0.0516. The monoisotopic (exact) mass is 344 g/mol. The van der Waals surface area contributed by atoms with Crippen LogP contribution in [-0.2, 0) is 6.54 Å². The molecule has 0 unspecified atom stereocenters. The molecule has 0 aromatic carbocycles. The number of carbonyl (C=O) groups is 1. The van der Waals surface area contributed by atoms with Crippen molar-refractivity contribution in [2.45, 2.75) is 19.9 Å². The normalized spacial score (nSPS) is 15.4. The van der Waals surface area contributed by atoms with E-state index < -0.39 is 0 Å². The number of carbonyl (C=O) groups excluding carboxylic acids is 1. The van der Waals surface area contributed by atoms with Crippen molar-refractivity contribution in [3.63, 3.8) is 0 Å². The Labute approximate surface area is 147 Å². The van der Waals surface area contributed by atoms with Crippen LogP contribution in [0.2, 0.25) is 0 Å². The maximum absolute atomic E-state index is 12.3. The molecule has 1 N–H and O–H groups in total. The Hall–Kier alpha value is -2.55. The molecule has 0 radical (unpaired) electrons. The number of nitrogens with zero attached hydrogens (tertiary/aromatic N) is 7. The van der Waals surface area contributed by atoms with Crippen LogP contribution in [-0.4, -0.2) is 75.5 Å². The van der Waals surface area contributed by atoms with Crippen LogP contribution < -0.4 is 10.2 Å². The van der Waals surface area contributed by atoms with E-state index in [-0.39, 0.29) is 5.91 Å². The van der Waals surface area contributed by atoms with Crippen LogP contribution in [0.3, 0.4) is 0 Å². The number of hydrogen-bond acceptors (Lipinski definition) is 7. The molecule has 1 aliphatic rings. The minimum Gasteiger partial charge on any atom is -0.352 e.